The Balaban J connectivity index is 2.32. The summed E-state index contributed by atoms with van der Waals surface area (Å²) in [6, 6.07) is 2.60. The second-order valence-corrected chi connectivity index (χ2v) is 5.07. The molecule has 2 heterocycles. The number of nitro groups is 1. The molecule has 1 aromatic heterocycles. The third-order valence-corrected chi connectivity index (χ3v) is 3.55. The molecule has 20 heavy (non-hydrogen) atoms. The lowest BCUT2D eigenvalue weighted by Crippen LogP contribution is -2.37. The van der Waals surface area contributed by atoms with Crippen LogP contribution in [0, 0.1) is 15.5 Å². The number of hydrogen-bond donors (Lipinski definition) is 3. The normalized spacial score (nSPS) is 21.8. The molecule has 1 aliphatic rings. The van der Waals surface area contributed by atoms with E-state index in [0.717, 1.165) is 0 Å². The van der Waals surface area contributed by atoms with Gasteiger partial charge < -0.3 is 16.1 Å². The van der Waals surface area contributed by atoms with Gasteiger partial charge in [-0.05, 0) is 13.3 Å². The number of hydrazine groups is 1. The second-order valence-electron chi connectivity index (χ2n) is 5.07. The van der Waals surface area contributed by atoms with Crippen molar-refractivity contribution in [3.63, 3.8) is 0 Å². The van der Waals surface area contributed by atoms with Crippen LogP contribution in [0.2, 0.25) is 0 Å². The summed E-state index contributed by atoms with van der Waals surface area (Å²) >= 11 is 0. The molecule has 0 bridgehead atoms. The zero-order valence-corrected chi connectivity index (χ0v) is 11.0. The predicted octanol–water partition coefficient (Wildman–Crippen LogP) is -0.0229. The Labute approximate surface area is 115 Å². The molecule has 1 aromatic rings. The number of carbonyl (C=O) groups is 1. The number of nitrogens with two attached hydrogens (primary N) is 2. The molecule has 2 rings (SSSR count). The molecule has 108 valence electrons. The van der Waals surface area contributed by atoms with Crippen LogP contribution in [-0.2, 0) is 4.79 Å². The lowest BCUT2D eigenvalue weighted by atomic mass is 9.89. The fourth-order valence-electron chi connectivity index (χ4n) is 2.20. The van der Waals surface area contributed by atoms with Crippen molar-refractivity contribution in [2.24, 2.45) is 17.0 Å². The summed E-state index contributed by atoms with van der Waals surface area (Å²) in [5, 5.41) is 10.9. The van der Waals surface area contributed by atoms with Gasteiger partial charge in [0, 0.05) is 13.1 Å². The number of nitrogens with zero attached hydrogens (tertiary/aromatic N) is 3. The van der Waals surface area contributed by atoms with Crippen LogP contribution in [0.4, 0.5) is 17.3 Å². The van der Waals surface area contributed by atoms with E-state index in [2.05, 4.69) is 10.4 Å². The molecule has 1 unspecified atom stereocenters. The summed E-state index contributed by atoms with van der Waals surface area (Å²) in [7, 11) is 0. The molecular weight excluding hydrogens is 264 g/mol. The van der Waals surface area contributed by atoms with E-state index in [9.17, 15) is 14.9 Å². The minimum absolute atomic E-state index is 0.115. The summed E-state index contributed by atoms with van der Waals surface area (Å²) in [5.41, 5.74) is 6.91. The summed E-state index contributed by atoms with van der Waals surface area (Å²) in [4.78, 5) is 27.8. The van der Waals surface area contributed by atoms with Gasteiger partial charge in [-0.3, -0.25) is 14.9 Å². The third kappa shape index (κ3) is 2.48. The highest BCUT2D eigenvalue weighted by Gasteiger charge is 2.39. The number of primary amides is 1. The first-order valence-corrected chi connectivity index (χ1v) is 6.04. The highest BCUT2D eigenvalue weighted by atomic mass is 16.6. The Kier molecular flexibility index (Phi) is 3.45. The van der Waals surface area contributed by atoms with Crippen LogP contribution < -0.4 is 21.9 Å². The van der Waals surface area contributed by atoms with Crippen LogP contribution in [0.5, 0.6) is 0 Å². The third-order valence-electron chi connectivity index (χ3n) is 3.55. The van der Waals surface area contributed by atoms with Crippen LogP contribution in [0.15, 0.2) is 12.1 Å². The highest BCUT2D eigenvalue weighted by Crippen LogP contribution is 2.33. The molecule has 0 radical (unpaired) electrons. The number of anilines is 2. The van der Waals surface area contributed by atoms with Crippen LogP contribution in [0.3, 0.4) is 0 Å². The first kappa shape index (κ1) is 14.0. The van der Waals surface area contributed by atoms with Crippen LogP contribution in [0.25, 0.3) is 0 Å². The average Bonchev–Trinajstić information content (AvgIpc) is 2.82. The van der Waals surface area contributed by atoms with Crippen LogP contribution in [-0.4, -0.2) is 28.9 Å². The monoisotopic (exact) mass is 280 g/mol. The summed E-state index contributed by atoms with van der Waals surface area (Å²) < 4.78 is 0. The molecule has 0 aliphatic carbocycles. The molecular formula is C11H16N6O3. The minimum Gasteiger partial charge on any atom is -0.369 e. The van der Waals surface area contributed by atoms with Crippen LogP contribution >= 0.6 is 0 Å². The molecule has 0 spiro atoms. The van der Waals surface area contributed by atoms with Gasteiger partial charge in [-0.15, -0.1) is 0 Å². The average molecular weight is 280 g/mol. The molecule has 1 atom stereocenters. The van der Waals surface area contributed by atoms with Crippen LogP contribution in [0.1, 0.15) is 13.3 Å². The Morgan fingerprint density at radius 2 is 2.30 bits per heavy atom. The van der Waals surface area contributed by atoms with Gasteiger partial charge in [-0.2, -0.15) is 0 Å². The van der Waals surface area contributed by atoms with Crippen molar-refractivity contribution in [3.05, 3.63) is 22.2 Å². The van der Waals surface area contributed by atoms with Crippen molar-refractivity contribution in [2.75, 3.05) is 23.4 Å². The number of nitrogen functional groups attached to an aromatic ring is 1. The molecule has 1 amide bonds. The van der Waals surface area contributed by atoms with E-state index >= 15 is 0 Å². The summed E-state index contributed by atoms with van der Waals surface area (Å²) in [6.07, 6.45) is 0.581. The Morgan fingerprint density at radius 1 is 1.60 bits per heavy atom. The molecule has 9 heteroatoms. The van der Waals surface area contributed by atoms with E-state index in [1.807, 2.05) is 0 Å². The number of aromatic nitrogens is 1. The van der Waals surface area contributed by atoms with E-state index in [0.29, 0.717) is 25.3 Å². The maximum atomic E-state index is 11.4. The van der Waals surface area contributed by atoms with Crippen molar-refractivity contribution in [1.29, 1.82) is 0 Å². The molecule has 1 saturated heterocycles. The first-order chi connectivity index (χ1) is 9.35. The molecule has 5 N–H and O–H groups in total. The van der Waals surface area contributed by atoms with Gasteiger partial charge in [0.2, 0.25) is 5.91 Å². The number of pyridine rings is 1. The predicted molar refractivity (Wildman–Crippen MR) is 72.8 cm³/mol. The standard InChI is InChI=1S/C11H16N6O3/c1-11(10(12)18)2-3-16(6-11)9-5-7(17(19)20)4-8(14-9)15-13/h4-5H,2-3,6,13H2,1H3,(H2,12,18)(H,14,15). The SMILES string of the molecule is CC1(C(N)=O)CCN(c2cc([N+](=O)[O-])cc(NN)n2)C1. The zero-order chi connectivity index (χ0) is 14.9. The maximum absolute atomic E-state index is 11.4. The number of hydrogen-bond acceptors (Lipinski definition) is 7. The van der Waals surface area contributed by atoms with E-state index < -0.39 is 10.3 Å². The molecule has 0 saturated carbocycles. The largest absolute Gasteiger partial charge is 0.369 e. The highest BCUT2D eigenvalue weighted by molar-refractivity contribution is 5.82. The van der Waals surface area contributed by atoms with Gasteiger partial charge >= 0.3 is 0 Å². The molecule has 1 fully saturated rings. The fourth-order valence-corrected chi connectivity index (χ4v) is 2.20. The Morgan fingerprint density at radius 3 is 2.80 bits per heavy atom. The Hall–Kier alpha value is -2.42. The zero-order valence-electron chi connectivity index (χ0n) is 11.0. The van der Waals surface area contributed by atoms with Gasteiger partial charge in [0.15, 0.2) is 0 Å². The molecule has 0 aromatic carbocycles. The summed E-state index contributed by atoms with van der Waals surface area (Å²) in [5.74, 6) is 5.47. The van der Waals surface area contributed by atoms with Crippen molar-refractivity contribution < 1.29 is 9.72 Å². The van der Waals surface area contributed by atoms with Gasteiger partial charge in [-0.1, -0.05) is 0 Å². The fraction of sp³-hybridized carbons (Fsp3) is 0.455. The van der Waals surface area contributed by atoms with Crippen molar-refractivity contribution >= 4 is 23.2 Å². The first-order valence-electron chi connectivity index (χ1n) is 6.04. The number of carbonyl (C=O) groups excluding carboxylic acids is 1. The van der Waals surface area contributed by atoms with Gasteiger partial charge in [0.05, 0.1) is 22.5 Å². The minimum atomic E-state index is -0.650. The van der Waals surface area contributed by atoms with Crippen molar-refractivity contribution in [3.8, 4) is 0 Å². The van der Waals surface area contributed by atoms with E-state index in [4.69, 9.17) is 11.6 Å². The topological polar surface area (TPSA) is 140 Å². The van der Waals surface area contributed by atoms with E-state index in [1.54, 1.807) is 11.8 Å². The second kappa shape index (κ2) is 4.93. The smallest absolute Gasteiger partial charge is 0.276 e. The molecule has 9 nitrogen and oxygen atoms in total. The maximum Gasteiger partial charge on any atom is 0.276 e. The van der Waals surface area contributed by atoms with Crippen molar-refractivity contribution in [2.45, 2.75) is 13.3 Å². The number of nitrogens with one attached hydrogen (secondary N) is 1. The van der Waals surface area contributed by atoms with Gasteiger partial charge in [0.25, 0.3) is 5.69 Å². The Bertz CT molecular complexity index is 563. The lowest BCUT2D eigenvalue weighted by molar-refractivity contribution is -0.384. The summed E-state index contributed by atoms with van der Waals surface area (Å²) in [6.45, 7) is 2.70. The number of rotatable bonds is 4. The van der Waals surface area contributed by atoms with Crippen molar-refractivity contribution in [1.82, 2.24) is 4.98 Å². The molecule has 1 aliphatic heterocycles. The van der Waals surface area contributed by atoms with Gasteiger partial charge in [-0.25, -0.2) is 10.8 Å². The van der Waals surface area contributed by atoms with E-state index in [-0.39, 0.29) is 17.4 Å². The van der Waals surface area contributed by atoms with Gasteiger partial charge in [0.1, 0.15) is 11.6 Å². The quantitative estimate of drug-likeness (QED) is 0.399. The van der Waals surface area contributed by atoms with E-state index in [1.165, 1.54) is 12.1 Å². The number of amides is 1. The lowest BCUT2D eigenvalue weighted by Gasteiger charge is -2.21.